The van der Waals surface area contributed by atoms with Gasteiger partial charge in [0.05, 0.1) is 6.61 Å². The van der Waals surface area contributed by atoms with Crippen LogP contribution in [0.15, 0.2) is 79.1 Å². The fourth-order valence-electron chi connectivity index (χ4n) is 3.65. The molecule has 4 rings (SSSR count). The number of aromatic nitrogens is 2. The van der Waals surface area contributed by atoms with Crippen molar-refractivity contribution in [1.82, 2.24) is 9.55 Å². The molecule has 0 bridgehead atoms. The molecule has 0 aliphatic carbocycles. The van der Waals surface area contributed by atoms with Crippen molar-refractivity contribution >= 4 is 10.9 Å². The Bertz CT molecular complexity index is 1070. The highest BCUT2D eigenvalue weighted by Gasteiger charge is 2.05. The largest absolute Gasteiger partial charge is 0.494 e. The number of nitrogens with zero attached hydrogens (tertiary/aromatic N) is 2. The number of hydrogen-bond acceptors (Lipinski definition) is 3. The first-order chi connectivity index (χ1) is 15.3. The van der Waals surface area contributed by atoms with E-state index in [0.29, 0.717) is 0 Å². The summed E-state index contributed by atoms with van der Waals surface area (Å²) in [5.74, 6) is 2.55. The summed E-state index contributed by atoms with van der Waals surface area (Å²) >= 11 is 0. The zero-order valence-corrected chi connectivity index (χ0v) is 18.2. The highest BCUT2D eigenvalue weighted by Crippen LogP contribution is 2.28. The Hall–Kier alpha value is -3.27. The maximum atomic E-state index is 6.05. The highest BCUT2D eigenvalue weighted by molar-refractivity contribution is 5.81. The van der Waals surface area contributed by atoms with E-state index in [1.54, 1.807) is 0 Å². The van der Waals surface area contributed by atoms with Crippen LogP contribution < -0.4 is 9.47 Å². The maximum Gasteiger partial charge on any atom is 0.128 e. The molecule has 0 N–H and O–H groups in total. The lowest BCUT2D eigenvalue weighted by Crippen LogP contribution is -1.98. The van der Waals surface area contributed by atoms with Gasteiger partial charge >= 0.3 is 0 Å². The first kappa shape index (κ1) is 21.0. The van der Waals surface area contributed by atoms with E-state index in [1.165, 1.54) is 16.6 Å². The molecule has 0 spiro atoms. The Kier molecular flexibility index (Phi) is 7.22. The first-order valence-corrected chi connectivity index (χ1v) is 11.2. The van der Waals surface area contributed by atoms with Crippen molar-refractivity contribution in [3.63, 3.8) is 0 Å². The van der Waals surface area contributed by atoms with E-state index in [1.807, 2.05) is 42.6 Å². The molecule has 0 aliphatic heterocycles. The summed E-state index contributed by atoms with van der Waals surface area (Å²) in [6.07, 6.45) is 9.53. The average molecular weight is 415 g/mol. The molecule has 160 valence electrons. The molecule has 0 saturated carbocycles. The molecule has 4 heteroatoms. The van der Waals surface area contributed by atoms with Crippen LogP contribution in [0, 0.1) is 0 Å². The monoisotopic (exact) mass is 414 g/mol. The number of unbranched alkanes of at least 4 members (excludes halogenated alkanes) is 2. The van der Waals surface area contributed by atoms with Gasteiger partial charge in [0.15, 0.2) is 0 Å². The normalized spacial score (nSPS) is 11.0. The van der Waals surface area contributed by atoms with Crippen LogP contribution in [0.4, 0.5) is 0 Å². The molecule has 4 nitrogen and oxygen atoms in total. The van der Waals surface area contributed by atoms with Crippen LogP contribution in [0.5, 0.6) is 17.2 Å². The number of rotatable bonds is 11. The SMILES string of the molecule is CCCCOc1ccc(Oc2ccc3c(ccn3CCCCc3ccccn3)c2)cc1. The van der Waals surface area contributed by atoms with Crippen LogP contribution in [0.1, 0.15) is 38.3 Å². The molecule has 0 unspecified atom stereocenters. The smallest absolute Gasteiger partial charge is 0.128 e. The van der Waals surface area contributed by atoms with Gasteiger partial charge in [-0.05, 0) is 86.3 Å². The molecular weight excluding hydrogens is 384 g/mol. The van der Waals surface area contributed by atoms with Crippen molar-refractivity contribution in [3.8, 4) is 17.2 Å². The van der Waals surface area contributed by atoms with Crippen molar-refractivity contribution < 1.29 is 9.47 Å². The molecule has 2 heterocycles. The lowest BCUT2D eigenvalue weighted by Gasteiger charge is -2.09. The zero-order chi connectivity index (χ0) is 21.3. The van der Waals surface area contributed by atoms with E-state index >= 15 is 0 Å². The summed E-state index contributed by atoms with van der Waals surface area (Å²) in [6.45, 7) is 3.93. The van der Waals surface area contributed by atoms with Gasteiger partial charge in [-0.1, -0.05) is 19.4 Å². The van der Waals surface area contributed by atoms with Crippen LogP contribution in [-0.2, 0) is 13.0 Å². The molecule has 0 aliphatic rings. The Morgan fingerprint density at radius 3 is 2.48 bits per heavy atom. The van der Waals surface area contributed by atoms with Crippen molar-refractivity contribution in [2.24, 2.45) is 0 Å². The van der Waals surface area contributed by atoms with Crippen molar-refractivity contribution in [2.75, 3.05) is 6.61 Å². The minimum Gasteiger partial charge on any atom is -0.494 e. The van der Waals surface area contributed by atoms with E-state index in [0.717, 1.165) is 62.5 Å². The van der Waals surface area contributed by atoms with Gasteiger partial charge in [-0.3, -0.25) is 4.98 Å². The second kappa shape index (κ2) is 10.7. The molecule has 2 aromatic heterocycles. The van der Waals surface area contributed by atoms with Gasteiger partial charge in [0.25, 0.3) is 0 Å². The second-order valence-corrected chi connectivity index (χ2v) is 7.78. The zero-order valence-electron chi connectivity index (χ0n) is 18.2. The van der Waals surface area contributed by atoms with Gasteiger partial charge in [0, 0.05) is 35.5 Å². The molecular formula is C27H30N2O2. The number of fused-ring (bicyclic) bond motifs is 1. The van der Waals surface area contributed by atoms with Gasteiger partial charge in [0.2, 0.25) is 0 Å². The van der Waals surface area contributed by atoms with Crippen molar-refractivity contribution in [2.45, 2.75) is 45.6 Å². The molecule has 31 heavy (non-hydrogen) atoms. The van der Waals surface area contributed by atoms with Crippen molar-refractivity contribution in [1.29, 1.82) is 0 Å². The number of aryl methyl sites for hydroxylation is 2. The fourth-order valence-corrected chi connectivity index (χ4v) is 3.65. The minimum absolute atomic E-state index is 0.757. The number of pyridine rings is 1. The van der Waals surface area contributed by atoms with Crippen LogP contribution in [-0.4, -0.2) is 16.2 Å². The quantitative estimate of drug-likeness (QED) is 0.247. The van der Waals surface area contributed by atoms with Crippen LogP contribution in [0.2, 0.25) is 0 Å². The first-order valence-electron chi connectivity index (χ1n) is 11.2. The van der Waals surface area contributed by atoms with Gasteiger partial charge in [-0.25, -0.2) is 0 Å². The summed E-state index contributed by atoms with van der Waals surface area (Å²) in [5.41, 5.74) is 2.41. The topological polar surface area (TPSA) is 36.3 Å². The molecule has 0 fully saturated rings. The predicted molar refractivity (Wildman–Crippen MR) is 126 cm³/mol. The molecule has 2 aromatic carbocycles. The molecule has 0 amide bonds. The third-order valence-electron chi connectivity index (χ3n) is 5.38. The molecule has 0 atom stereocenters. The predicted octanol–water partition coefficient (Wildman–Crippen LogP) is 7.03. The Balaban J connectivity index is 1.31. The Labute approximate surface area is 184 Å². The van der Waals surface area contributed by atoms with Gasteiger partial charge in [-0.2, -0.15) is 0 Å². The van der Waals surface area contributed by atoms with E-state index in [2.05, 4.69) is 53.0 Å². The van der Waals surface area contributed by atoms with Gasteiger partial charge in [0.1, 0.15) is 17.2 Å². The van der Waals surface area contributed by atoms with E-state index in [-0.39, 0.29) is 0 Å². The summed E-state index contributed by atoms with van der Waals surface area (Å²) in [6, 6.07) is 22.4. The summed E-state index contributed by atoms with van der Waals surface area (Å²) in [4.78, 5) is 4.40. The highest BCUT2D eigenvalue weighted by atomic mass is 16.5. The van der Waals surface area contributed by atoms with Crippen LogP contribution in [0.3, 0.4) is 0 Å². The lowest BCUT2D eigenvalue weighted by molar-refractivity contribution is 0.309. The number of hydrogen-bond donors (Lipinski definition) is 0. The van der Waals surface area contributed by atoms with E-state index in [4.69, 9.17) is 9.47 Å². The van der Waals surface area contributed by atoms with Gasteiger partial charge < -0.3 is 14.0 Å². The number of ether oxygens (including phenoxy) is 2. The molecule has 0 saturated heterocycles. The van der Waals surface area contributed by atoms with Gasteiger partial charge in [-0.15, -0.1) is 0 Å². The minimum atomic E-state index is 0.757. The summed E-state index contributed by atoms with van der Waals surface area (Å²) in [7, 11) is 0. The molecule has 0 radical (unpaired) electrons. The Morgan fingerprint density at radius 1 is 0.839 bits per heavy atom. The molecule has 4 aromatic rings. The third-order valence-corrected chi connectivity index (χ3v) is 5.38. The van der Waals surface area contributed by atoms with Crippen molar-refractivity contribution in [3.05, 3.63) is 84.8 Å². The lowest BCUT2D eigenvalue weighted by atomic mass is 10.2. The van der Waals surface area contributed by atoms with E-state index in [9.17, 15) is 0 Å². The van der Waals surface area contributed by atoms with E-state index < -0.39 is 0 Å². The van der Waals surface area contributed by atoms with Crippen LogP contribution >= 0.6 is 0 Å². The van der Waals surface area contributed by atoms with Crippen LogP contribution in [0.25, 0.3) is 10.9 Å². The standard InChI is InChI=1S/C27H30N2O2/c1-2-3-20-30-24-10-12-25(13-11-24)31-26-14-15-27-22(21-26)16-19-29(27)18-7-5-9-23-8-4-6-17-28-23/h4,6,8,10-17,19,21H,2-3,5,7,9,18,20H2,1H3. The number of benzene rings is 2. The average Bonchev–Trinajstić information content (AvgIpc) is 3.21. The summed E-state index contributed by atoms with van der Waals surface area (Å²) < 4.78 is 14.1. The maximum absolute atomic E-state index is 6.05. The Morgan fingerprint density at radius 2 is 1.68 bits per heavy atom. The summed E-state index contributed by atoms with van der Waals surface area (Å²) in [5, 5.41) is 1.20. The fraction of sp³-hybridized carbons (Fsp3) is 0.296. The third kappa shape index (κ3) is 5.88. The second-order valence-electron chi connectivity index (χ2n) is 7.78.